The summed E-state index contributed by atoms with van der Waals surface area (Å²) < 4.78 is 7.76. The van der Waals surface area contributed by atoms with Crippen molar-refractivity contribution in [2.45, 2.75) is 19.4 Å². The fourth-order valence-electron chi connectivity index (χ4n) is 2.89. The van der Waals surface area contributed by atoms with Crippen LogP contribution in [0.4, 0.5) is 0 Å². The molecule has 0 N–H and O–H groups in total. The molecule has 1 aliphatic heterocycles. The van der Waals surface area contributed by atoms with E-state index in [1.165, 1.54) is 4.88 Å². The quantitative estimate of drug-likeness (QED) is 0.743. The Morgan fingerprint density at radius 1 is 1.33 bits per heavy atom. The summed E-state index contributed by atoms with van der Waals surface area (Å²) in [5.41, 5.74) is 1.97. The van der Waals surface area contributed by atoms with Crippen molar-refractivity contribution in [1.29, 1.82) is 0 Å². The first kappa shape index (κ1) is 13.0. The highest BCUT2D eigenvalue weighted by atomic mass is 32.1. The molecule has 4 rings (SSSR count). The number of nitrogens with zero attached hydrogens (tertiary/aromatic N) is 3. The lowest BCUT2D eigenvalue weighted by Gasteiger charge is -2.10. The predicted octanol–water partition coefficient (Wildman–Crippen LogP) is 3.12. The Bertz CT molecular complexity index is 729. The second-order valence-corrected chi connectivity index (χ2v) is 6.51. The third-order valence-corrected chi connectivity index (χ3v) is 4.83. The smallest absolute Gasteiger partial charge is 0.160 e. The number of pyridine rings is 1. The summed E-state index contributed by atoms with van der Waals surface area (Å²) in [5.74, 6) is 1.72. The average Bonchev–Trinajstić information content (AvgIpc) is 3.23. The molecule has 1 aliphatic rings. The molecule has 0 bridgehead atoms. The van der Waals surface area contributed by atoms with Crippen LogP contribution in [0.1, 0.15) is 17.1 Å². The van der Waals surface area contributed by atoms with Gasteiger partial charge in [0.1, 0.15) is 11.3 Å². The first-order chi connectivity index (χ1) is 10.4. The lowest BCUT2D eigenvalue weighted by molar-refractivity contribution is 0.185. The lowest BCUT2D eigenvalue weighted by Crippen LogP contribution is -2.11. The highest BCUT2D eigenvalue weighted by Gasteiger charge is 2.20. The number of hydrogen-bond donors (Lipinski definition) is 0. The fourth-order valence-corrected chi connectivity index (χ4v) is 3.58. The zero-order valence-electron chi connectivity index (χ0n) is 11.7. The molecule has 5 heteroatoms. The minimum absolute atomic E-state index is 0.587. The zero-order chi connectivity index (χ0) is 14.1. The van der Waals surface area contributed by atoms with Crippen molar-refractivity contribution in [2.24, 2.45) is 5.92 Å². The lowest BCUT2D eigenvalue weighted by atomic mass is 10.0. The Morgan fingerprint density at radius 3 is 3.14 bits per heavy atom. The molecule has 1 fully saturated rings. The average molecular weight is 299 g/mol. The molecule has 1 atom stereocenters. The molecule has 1 unspecified atom stereocenters. The second kappa shape index (κ2) is 5.58. The molecule has 1 saturated heterocycles. The summed E-state index contributed by atoms with van der Waals surface area (Å²) in [6.45, 7) is 2.60. The molecule has 0 amide bonds. The summed E-state index contributed by atoms with van der Waals surface area (Å²) in [4.78, 5) is 10.7. The van der Waals surface area contributed by atoms with E-state index < -0.39 is 0 Å². The third kappa shape index (κ3) is 2.59. The van der Waals surface area contributed by atoms with Crippen molar-refractivity contribution in [3.63, 3.8) is 0 Å². The van der Waals surface area contributed by atoms with Crippen LogP contribution in [0.25, 0.3) is 11.2 Å². The molecule has 0 saturated carbocycles. The van der Waals surface area contributed by atoms with Gasteiger partial charge in [-0.05, 0) is 35.9 Å². The summed E-state index contributed by atoms with van der Waals surface area (Å²) in [6, 6.07) is 8.26. The zero-order valence-corrected chi connectivity index (χ0v) is 12.6. The maximum Gasteiger partial charge on any atom is 0.160 e. The molecular formula is C16H17N3OS. The molecule has 21 heavy (non-hydrogen) atoms. The van der Waals surface area contributed by atoms with Gasteiger partial charge >= 0.3 is 0 Å². The molecule has 108 valence electrons. The van der Waals surface area contributed by atoms with E-state index in [1.54, 1.807) is 11.3 Å². The van der Waals surface area contributed by atoms with Crippen LogP contribution in [0.2, 0.25) is 0 Å². The largest absolute Gasteiger partial charge is 0.381 e. The van der Waals surface area contributed by atoms with E-state index in [9.17, 15) is 0 Å². The van der Waals surface area contributed by atoms with Crippen LogP contribution in [0.5, 0.6) is 0 Å². The SMILES string of the molecule is c1csc(Cn2c(CC3CCOC3)nc3cccnc32)c1. The maximum absolute atomic E-state index is 5.50. The second-order valence-electron chi connectivity index (χ2n) is 5.47. The molecule has 0 spiro atoms. The van der Waals surface area contributed by atoms with Crippen molar-refractivity contribution in [3.05, 3.63) is 46.5 Å². The molecule has 3 aromatic heterocycles. The van der Waals surface area contributed by atoms with Crippen LogP contribution in [-0.4, -0.2) is 27.7 Å². The minimum Gasteiger partial charge on any atom is -0.381 e. The van der Waals surface area contributed by atoms with Gasteiger partial charge in [0.05, 0.1) is 6.54 Å². The van der Waals surface area contributed by atoms with E-state index >= 15 is 0 Å². The van der Waals surface area contributed by atoms with Gasteiger partial charge in [0, 0.05) is 30.7 Å². The van der Waals surface area contributed by atoms with Gasteiger partial charge in [-0.25, -0.2) is 9.97 Å². The van der Waals surface area contributed by atoms with Gasteiger partial charge in [-0.3, -0.25) is 0 Å². The molecule has 0 radical (unpaired) electrons. The molecule has 4 nitrogen and oxygen atoms in total. The van der Waals surface area contributed by atoms with Gasteiger partial charge in [0.15, 0.2) is 5.65 Å². The van der Waals surface area contributed by atoms with Gasteiger partial charge in [-0.15, -0.1) is 11.3 Å². The van der Waals surface area contributed by atoms with Gasteiger partial charge in [-0.2, -0.15) is 0 Å². The number of ether oxygens (including phenoxy) is 1. The number of rotatable bonds is 4. The van der Waals surface area contributed by atoms with Crippen molar-refractivity contribution in [1.82, 2.24) is 14.5 Å². The van der Waals surface area contributed by atoms with Crippen molar-refractivity contribution in [2.75, 3.05) is 13.2 Å². The Balaban J connectivity index is 1.73. The van der Waals surface area contributed by atoms with E-state index in [0.29, 0.717) is 5.92 Å². The first-order valence-electron chi connectivity index (χ1n) is 7.30. The monoisotopic (exact) mass is 299 g/mol. The van der Waals surface area contributed by atoms with Gasteiger partial charge < -0.3 is 9.30 Å². The molecule has 0 aliphatic carbocycles. The highest BCUT2D eigenvalue weighted by Crippen LogP contribution is 2.23. The topological polar surface area (TPSA) is 39.9 Å². The van der Waals surface area contributed by atoms with Crippen LogP contribution >= 0.6 is 11.3 Å². The first-order valence-corrected chi connectivity index (χ1v) is 8.18. The van der Waals surface area contributed by atoms with Gasteiger partial charge in [0.2, 0.25) is 0 Å². The third-order valence-electron chi connectivity index (χ3n) is 3.97. The fraction of sp³-hybridized carbons (Fsp3) is 0.375. The van der Waals surface area contributed by atoms with Crippen LogP contribution < -0.4 is 0 Å². The van der Waals surface area contributed by atoms with Gasteiger partial charge in [-0.1, -0.05) is 6.07 Å². The van der Waals surface area contributed by atoms with E-state index in [4.69, 9.17) is 9.72 Å². The highest BCUT2D eigenvalue weighted by molar-refractivity contribution is 7.09. The molecule has 3 aromatic rings. The summed E-state index contributed by atoms with van der Waals surface area (Å²) in [6.07, 6.45) is 3.95. The molecule has 4 heterocycles. The Kier molecular flexibility index (Phi) is 3.45. The summed E-state index contributed by atoms with van der Waals surface area (Å²) >= 11 is 1.78. The maximum atomic E-state index is 5.50. The van der Waals surface area contributed by atoms with E-state index in [-0.39, 0.29) is 0 Å². The van der Waals surface area contributed by atoms with E-state index in [0.717, 1.165) is 49.6 Å². The van der Waals surface area contributed by atoms with Crippen LogP contribution in [0, 0.1) is 5.92 Å². The Hall–Kier alpha value is -1.72. The standard InChI is InChI=1S/C16H17N3OS/c1-4-14-16(17-6-1)19(10-13-3-2-8-21-13)15(18-14)9-12-5-7-20-11-12/h1-4,6,8,12H,5,7,9-11H2. The Morgan fingerprint density at radius 2 is 2.33 bits per heavy atom. The normalized spacial score (nSPS) is 18.6. The number of hydrogen-bond acceptors (Lipinski definition) is 4. The number of thiophene rings is 1. The number of aromatic nitrogens is 3. The molecule has 0 aromatic carbocycles. The summed E-state index contributed by atoms with van der Waals surface area (Å²) in [7, 11) is 0. The van der Waals surface area contributed by atoms with Crippen molar-refractivity contribution < 1.29 is 4.74 Å². The summed E-state index contributed by atoms with van der Waals surface area (Å²) in [5, 5.41) is 2.12. The van der Waals surface area contributed by atoms with Crippen LogP contribution in [-0.2, 0) is 17.7 Å². The predicted molar refractivity (Wildman–Crippen MR) is 83.6 cm³/mol. The van der Waals surface area contributed by atoms with Crippen LogP contribution in [0.3, 0.4) is 0 Å². The van der Waals surface area contributed by atoms with E-state index in [1.807, 2.05) is 18.3 Å². The number of imidazole rings is 1. The Labute approximate surface area is 127 Å². The molecular weight excluding hydrogens is 282 g/mol. The van der Waals surface area contributed by atoms with Gasteiger partial charge in [0.25, 0.3) is 0 Å². The van der Waals surface area contributed by atoms with Crippen molar-refractivity contribution >= 4 is 22.5 Å². The van der Waals surface area contributed by atoms with Crippen molar-refractivity contribution in [3.8, 4) is 0 Å². The van der Waals surface area contributed by atoms with Crippen LogP contribution in [0.15, 0.2) is 35.8 Å². The minimum atomic E-state index is 0.587. The number of fused-ring (bicyclic) bond motifs is 1. The van der Waals surface area contributed by atoms with E-state index in [2.05, 4.69) is 27.1 Å².